The smallest absolute Gasteiger partial charge is 0.339 e. The molecule has 0 amide bonds. The molecule has 0 unspecified atom stereocenters. The highest BCUT2D eigenvalue weighted by Crippen LogP contribution is 2.24. The second-order valence-electron chi connectivity index (χ2n) is 2.42. The van der Waals surface area contributed by atoms with Gasteiger partial charge in [0, 0.05) is 0 Å². The topological polar surface area (TPSA) is 70.3 Å². The molecule has 0 atom stereocenters. The van der Waals surface area contributed by atoms with Crippen molar-refractivity contribution in [2.75, 3.05) is 7.11 Å². The van der Waals surface area contributed by atoms with Crippen molar-refractivity contribution < 1.29 is 19.0 Å². The predicted octanol–water partition coefficient (Wildman–Crippen LogP) is 1.19. The summed E-state index contributed by atoms with van der Waals surface area (Å²) in [5, 5.41) is 17.7. The van der Waals surface area contributed by atoms with Gasteiger partial charge < -0.3 is 9.84 Å². The van der Waals surface area contributed by atoms with Crippen LogP contribution < -0.4 is 0 Å². The molecule has 0 bridgehead atoms. The number of phenols is 1. The summed E-state index contributed by atoms with van der Waals surface area (Å²) in [7, 11) is 1.13. The van der Waals surface area contributed by atoms with E-state index in [0.29, 0.717) is 0 Å². The van der Waals surface area contributed by atoms with Crippen molar-refractivity contribution in [1.82, 2.24) is 0 Å². The van der Waals surface area contributed by atoms with E-state index in [1.807, 2.05) is 0 Å². The maximum absolute atomic E-state index is 12.8. The number of rotatable bonds is 1. The molecular weight excluding hydrogens is 189 g/mol. The number of esters is 1. The van der Waals surface area contributed by atoms with Crippen LogP contribution in [0.4, 0.5) is 4.39 Å². The molecule has 0 aromatic heterocycles. The van der Waals surface area contributed by atoms with Gasteiger partial charge in [-0.05, 0) is 12.1 Å². The fraction of sp³-hybridized carbons (Fsp3) is 0.111. The number of benzene rings is 1. The van der Waals surface area contributed by atoms with Crippen LogP contribution in [0, 0.1) is 17.1 Å². The number of methoxy groups -OCH3 is 1. The van der Waals surface area contributed by atoms with Crippen molar-refractivity contribution in [3.8, 4) is 11.8 Å². The highest BCUT2D eigenvalue weighted by atomic mass is 19.1. The summed E-state index contributed by atoms with van der Waals surface area (Å²) >= 11 is 0. The molecule has 0 saturated carbocycles. The Morgan fingerprint density at radius 1 is 1.64 bits per heavy atom. The van der Waals surface area contributed by atoms with Crippen molar-refractivity contribution >= 4 is 5.97 Å². The molecule has 0 heterocycles. The van der Waals surface area contributed by atoms with E-state index in [1.165, 1.54) is 6.07 Å². The van der Waals surface area contributed by atoms with Gasteiger partial charge in [-0.15, -0.1) is 0 Å². The van der Waals surface area contributed by atoms with Crippen LogP contribution in [0.2, 0.25) is 0 Å². The molecule has 1 aromatic carbocycles. The van der Waals surface area contributed by atoms with E-state index < -0.39 is 23.1 Å². The van der Waals surface area contributed by atoms with Gasteiger partial charge in [0.1, 0.15) is 11.6 Å². The number of nitriles is 1. The number of phenolic OH excluding ortho intramolecular Hbond substituents is 1. The Labute approximate surface area is 79.2 Å². The van der Waals surface area contributed by atoms with E-state index in [0.717, 1.165) is 19.2 Å². The standard InChI is InChI=1S/C9H6FNO3/c1-14-9(13)5-2-3-7(10)8(12)6(5)4-11/h2-3,12H,1H3. The van der Waals surface area contributed by atoms with E-state index in [4.69, 9.17) is 10.4 Å². The second-order valence-corrected chi connectivity index (χ2v) is 2.42. The van der Waals surface area contributed by atoms with Crippen LogP contribution in [0.15, 0.2) is 12.1 Å². The molecule has 0 radical (unpaired) electrons. The lowest BCUT2D eigenvalue weighted by Crippen LogP contribution is -2.04. The van der Waals surface area contributed by atoms with Gasteiger partial charge in [-0.2, -0.15) is 5.26 Å². The first-order chi connectivity index (χ1) is 6.61. The van der Waals surface area contributed by atoms with E-state index in [-0.39, 0.29) is 5.56 Å². The Kier molecular flexibility index (Phi) is 2.67. The Balaban J connectivity index is 3.40. The Hall–Kier alpha value is -2.09. The zero-order valence-electron chi connectivity index (χ0n) is 7.24. The fourth-order valence-corrected chi connectivity index (χ4v) is 0.959. The van der Waals surface area contributed by atoms with Crippen molar-refractivity contribution in [3.05, 3.63) is 29.1 Å². The average molecular weight is 195 g/mol. The van der Waals surface area contributed by atoms with Gasteiger partial charge in [0.2, 0.25) is 0 Å². The molecular formula is C9H6FNO3. The lowest BCUT2D eigenvalue weighted by atomic mass is 10.1. The van der Waals surface area contributed by atoms with Crippen LogP contribution in [0.25, 0.3) is 0 Å². The Morgan fingerprint density at radius 2 is 2.29 bits per heavy atom. The van der Waals surface area contributed by atoms with Gasteiger partial charge in [-0.25, -0.2) is 9.18 Å². The number of hydrogen-bond donors (Lipinski definition) is 1. The number of carbonyl (C=O) groups excluding carboxylic acids is 1. The molecule has 1 rings (SSSR count). The predicted molar refractivity (Wildman–Crippen MR) is 44.1 cm³/mol. The summed E-state index contributed by atoms with van der Waals surface area (Å²) in [6.07, 6.45) is 0. The number of carbonyl (C=O) groups is 1. The summed E-state index contributed by atoms with van der Waals surface area (Å²) in [5.41, 5.74) is -0.578. The van der Waals surface area contributed by atoms with Gasteiger partial charge in [0.05, 0.1) is 12.7 Å². The maximum Gasteiger partial charge on any atom is 0.339 e. The third-order valence-electron chi connectivity index (χ3n) is 1.65. The second kappa shape index (κ2) is 3.75. The molecule has 0 spiro atoms. The monoisotopic (exact) mass is 195 g/mol. The minimum atomic E-state index is -0.950. The highest BCUT2D eigenvalue weighted by Gasteiger charge is 2.17. The number of halogens is 1. The first-order valence-corrected chi connectivity index (χ1v) is 3.61. The summed E-state index contributed by atoms with van der Waals surface area (Å²) in [5.74, 6) is -2.58. The largest absolute Gasteiger partial charge is 0.504 e. The Morgan fingerprint density at radius 3 is 2.79 bits per heavy atom. The molecule has 72 valence electrons. The molecule has 5 heteroatoms. The van der Waals surface area contributed by atoms with E-state index in [1.54, 1.807) is 0 Å². The summed E-state index contributed by atoms with van der Waals surface area (Å²) in [6, 6.07) is 3.50. The molecule has 0 aliphatic carbocycles. The fourth-order valence-electron chi connectivity index (χ4n) is 0.959. The van der Waals surface area contributed by atoms with Gasteiger partial charge in [0.25, 0.3) is 0 Å². The van der Waals surface area contributed by atoms with Crippen molar-refractivity contribution in [2.45, 2.75) is 0 Å². The van der Waals surface area contributed by atoms with Crippen molar-refractivity contribution in [1.29, 1.82) is 5.26 Å². The van der Waals surface area contributed by atoms with E-state index in [2.05, 4.69) is 4.74 Å². The number of hydrogen-bond acceptors (Lipinski definition) is 4. The molecule has 0 aliphatic rings. The molecule has 4 nitrogen and oxygen atoms in total. The molecule has 1 aromatic rings. The molecule has 0 aliphatic heterocycles. The van der Waals surface area contributed by atoms with Crippen LogP contribution in [-0.4, -0.2) is 18.2 Å². The number of aromatic hydroxyl groups is 1. The SMILES string of the molecule is COC(=O)c1ccc(F)c(O)c1C#N. The van der Waals surface area contributed by atoms with Crippen LogP contribution >= 0.6 is 0 Å². The Bertz CT molecular complexity index is 423. The normalized spacial score (nSPS) is 9.21. The third kappa shape index (κ3) is 1.50. The summed E-state index contributed by atoms with van der Waals surface area (Å²) < 4.78 is 17.1. The molecule has 0 saturated heterocycles. The number of ether oxygens (including phenoxy) is 1. The molecule has 14 heavy (non-hydrogen) atoms. The van der Waals surface area contributed by atoms with Gasteiger partial charge in [-0.1, -0.05) is 0 Å². The highest BCUT2D eigenvalue weighted by molar-refractivity contribution is 5.93. The first-order valence-electron chi connectivity index (χ1n) is 3.61. The number of nitrogens with zero attached hydrogens (tertiary/aromatic N) is 1. The van der Waals surface area contributed by atoms with Crippen LogP contribution in [-0.2, 0) is 4.74 Å². The van der Waals surface area contributed by atoms with E-state index >= 15 is 0 Å². The maximum atomic E-state index is 12.8. The van der Waals surface area contributed by atoms with E-state index in [9.17, 15) is 9.18 Å². The molecule has 1 N–H and O–H groups in total. The van der Waals surface area contributed by atoms with Crippen LogP contribution in [0.3, 0.4) is 0 Å². The van der Waals surface area contributed by atoms with Crippen LogP contribution in [0.1, 0.15) is 15.9 Å². The third-order valence-corrected chi connectivity index (χ3v) is 1.65. The minimum absolute atomic E-state index is 0.158. The summed E-state index contributed by atoms with van der Waals surface area (Å²) in [4.78, 5) is 11.0. The summed E-state index contributed by atoms with van der Waals surface area (Å²) in [6.45, 7) is 0. The zero-order valence-corrected chi connectivity index (χ0v) is 7.24. The van der Waals surface area contributed by atoms with Crippen molar-refractivity contribution in [3.63, 3.8) is 0 Å². The van der Waals surface area contributed by atoms with Crippen molar-refractivity contribution in [2.24, 2.45) is 0 Å². The quantitative estimate of drug-likeness (QED) is 0.683. The minimum Gasteiger partial charge on any atom is -0.504 e. The van der Waals surface area contributed by atoms with Crippen LogP contribution in [0.5, 0.6) is 5.75 Å². The molecule has 0 fully saturated rings. The first kappa shape index (κ1) is 9.99. The lowest BCUT2D eigenvalue weighted by molar-refractivity contribution is 0.0600. The van der Waals surface area contributed by atoms with Gasteiger partial charge in [0.15, 0.2) is 11.6 Å². The average Bonchev–Trinajstić information content (AvgIpc) is 2.20. The lowest BCUT2D eigenvalue weighted by Gasteiger charge is -2.03. The van der Waals surface area contributed by atoms with Gasteiger partial charge in [-0.3, -0.25) is 0 Å². The van der Waals surface area contributed by atoms with Gasteiger partial charge >= 0.3 is 5.97 Å². The zero-order chi connectivity index (χ0) is 10.7.